The van der Waals surface area contributed by atoms with Crippen molar-refractivity contribution in [3.8, 4) is 17.2 Å². The minimum atomic E-state index is -4.27. The molecule has 1 fully saturated rings. The van der Waals surface area contributed by atoms with Crippen LogP contribution in [0.3, 0.4) is 0 Å². The molecule has 2 heterocycles. The highest BCUT2D eigenvalue weighted by molar-refractivity contribution is 7.89. The smallest absolute Gasteiger partial charge is 0.261 e. The van der Waals surface area contributed by atoms with Crippen molar-refractivity contribution < 1.29 is 37.4 Å². The van der Waals surface area contributed by atoms with E-state index in [9.17, 15) is 23.2 Å². The van der Waals surface area contributed by atoms with E-state index in [1.54, 1.807) is 28.6 Å². The van der Waals surface area contributed by atoms with Gasteiger partial charge < -0.3 is 24.0 Å². The number of benzene rings is 2. The number of carbonyl (C=O) groups is 2. The van der Waals surface area contributed by atoms with Gasteiger partial charge in [0.05, 0.1) is 12.0 Å². The van der Waals surface area contributed by atoms with Crippen LogP contribution in [0.2, 0.25) is 0 Å². The van der Waals surface area contributed by atoms with E-state index in [2.05, 4.69) is 4.90 Å². The number of methoxy groups -OCH3 is 1. The molecule has 1 atom stereocenters. The number of nitrogens with zero attached hydrogens (tertiary/aromatic N) is 3. The molecule has 1 saturated heterocycles. The van der Waals surface area contributed by atoms with Crippen molar-refractivity contribution in [3.63, 3.8) is 0 Å². The van der Waals surface area contributed by atoms with E-state index in [0.717, 1.165) is 17.4 Å². The van der Waals surface area contributed by atoms with Gasteiger partial charge in [-0.05, 0) is 55.4 Å². The van der Waals surface area contributed by atoms with Crippen molar-refractivity contribution in [2.45, 2.75) is 30.3 Å². The average Bonchev–Trinajstić information content (AvgIpc) is 3.40. The third-order valence-corrected chi connectivity index (χ3v) is 8.56. The number of nitrogens with one attached hydrogen (secondary N) is 1. The van der Waals surface area contributed by atoms with Gasteiger partial charge in [-0.2, -0.15) is 4.31 Å². The maximum Gasteiger partial charge on any atom is 0.261 e. The molecule has 2 amide bonds. The van der Waals surface area contributed by atoms with Crippen LogP contribution in [0.1, 0.15) is 18.4 Å². The summed E-state index contributed by atoms with van der Waals surface area (Å²) >= 11 is 0. The standard InChI is InChI=1S/C25H32N4O8S/c1-27-11-13-28(14-12-27)24(30)10-8-21(25(31)26-32)29(16-18-3-9-22-23(15-18)37-17-36-22)38(33,34)20-6-4-19(35-2)5-7-20/h3-7,9,15,21,32H,8,10-14,16-17H2,1-2H3,(H,26,31)/t21-/m1/s1. The minimum absolute atomic E-state index is 0.0522. The molecule has 4 rings (SSSR count). The van der Waals surface area contributed by atoms with Gasteiger partial charge in [0.2, 0.25) is 22.7 Å². The summed E-state index contributed by atoms with van der Waals surface area (Å²) in [5.74, 6) is 0.333. The number of fused-ring (bicyclic) bond motifs is 1. The molecule has 2 aromatic rings. The van der Waals surface area contributed by atoms with E-state index in [4.69, 9.17) is 14.2 Å². The van der Waals surface area contributed by atoms with Crippen LogP contribution in [0.4, 0.5) is 0 Å². The molecule has 38 heavy (non-hydrogen) atoms. The molecule has 13 heteroatoms. The van der Waals surface area contributed by atoms with E-state index in [-0.39, 0.29) is 37.0 Å². The fourth-order valence-electron chi connectivity index (χ4n) is 4.42. The van der Waals surface area contributed by atoms with Crippen LogP contribution in [0.5, 0.6) is 17.2 Å². The third-order valence-electron chi connectivity index (χ3n) is 6.69. The summed E-state index contributed by atoms with van der Waals surface area (Å²) in [5, 5.41) is 9.52. The largest absolute Gasteiger partial charge is 0.497 e. The molecule has 2 N–H and O–H groups in total. The Labute approximate surface area is 221 Å². The predicted octanol–water partition coefficient (Wildman–Crippen LogP) is 1.04. The first-order valence-electron chi connectivity index (χ1n) is 12.2. The molecule has 0 unspecified atom stereocenters. The number of hydrogen-bond acceptors (Lipinski definition) is 9. The molecule has 2 aliphatic heterocycles. The summed E-state index contributed by atoms with van der Waals surface area (Å²) in [7, 11) is -0.830. The third kappa shape index (κ3) is 6.18. The molecule has 0 aliphatic carbocycles. The Kier molecular flexibility index (Phi) is 8.72. The first-order valence-corrected chi connectivity index (χ1v) is 13.6. The van der Waals surface area contributed by atoms with Crippen LogP contribution >= 0.6 is 0 Å². The van der Waals surface area contributed by atoms with Crippen LogP contribution in [-0.2, 0) is 26.2 Å². The maximum absolute atomic E-state index is 13.9. The van der Waals surface area contributed by atoms with Crippen LogP contribution in [-0.4, -0.2) is 92.7 Å². The number of hydrogen-bond donors (Lipinski definition) is 2. The van der Waals surface area contributed by atoms with Crippen molar-refractivity contribution in [3.05, 3.63) is 48.0 Å². The van der Waals surface area contributed by atoms with Gasteiger partial charge in [0.1, 0.15) is 11.8 Å². The summed E-state index contributed by atoms with van der Waals surface area (Å²) in [5.41, 5.74) is 2.12. The second-order valence-electron chi connectivity index (χ2n) is 9.13. The first-order chi connectivity index (χ1) is 18.2. The number of amides is 2. The van der Waals surface area contributed by atoms with E-state index >= 15 is 0 Å². The molecular formula is C25H32N4O8S. The second kappa shape index (κ2) is 12.0. The molecule has 0 radical (unpaired) electrons. The number of sulfonamides is 1. The van der Waals surface area contributed by atoms with Crippen LogP contribution in [0.15, 0.2) is 47.4 Å². The highest BCUT2D eigenvalue weighted by atomic mass is 32.2. The van der Waals surface area contributed by atoms with Gasteiger partial charge in [-0.1, -0.05) is 6.07 Å². The van der Waals surface area contributed by atoms with Crippen molar-refractivity contribution >= 4 is 21.8 Å². The topological polar surface area (TPSA) is 138 Å². The van der Waals surface area contributed by atoms with Crippen LogP contribution in [0.25, 0.3) is 0 Å². The highest BCUT2D eigenvalue weighted by Crippen LogP contribution is 2.34. The predicted molar refractivity (Wildman–Crippen MR) is 135 cm³/mol. The Bertz CT molecular complexity index is 1250. The lowest BCUT2D eigenvalue weighted by Crippen LogP contribution is -2.50. The van der Waals surface area contributed by atoms with Gasteiger partial charge >= 0.3 is 0 Å². The SMILES string of the molecule is COc1ccc(S(=O)(=O)N(Cc2ccc3c(c2)OCO3)[C@H](CCC(=O)N2CCN(C)CC2)C(=O)NO)cc1. The zero-order valence-corrected chi connectivity index (χ0v) is 22.1. The Morgan fingerprint density at radius 1 is 1.08 bits per heavy atom. The van der Waals surface area contributed by atoms with Gasteiger partial charge in [0, 0.05) is 39.1 Å². The number of piperazine rings is 1. The first kappa shape index (κ1) is 27.6. The lowest BCUT2D eigenvalue weighted by atomic mass is 10.1. The molecule has 0 aromatic heterocycles. The Hall–Kier alpha value is -3.39. The summed E-state index contributed by atoms with van der Waals surface area (Å²) in [6, 6.07) is 9.37. The monoisotopic (exact) mass is 548 g/mol. The maximum atomic E-state index is 13.9. The molecule has 0 saturated carbocycles. The lowest BCUT2D eigenvalue weighted by molar-refractivity contribution is -0.135. The van der Waals surface area contributed by atoms with Gasteiger partial charge in [-0.15, -0.1) is 0 Å². The minimum Gasteiger partial charge on any atom is -0.497 e. The van der Waals surface area contributed by atoms with E-state index in [1.165, 1.54) is 31.4 Å². The van der Waals surface area contributed by atoms with Gasteiger partial charge in [0.25, 0.3) is 5.91 Å². The zero-order chi connectivity index (χ0) is 27.3. The van der Waals surface area contributed by atoms with Crippen LogP contribution in [0, 0.1) is 0 Å². The molecular weight excluding hydrogens is 516 g/mol. The van der Waals surface area contributed by atoms with Crippen molar-refractivity contribution in [2.75, 3.05) is 47.1 Å². The Morgan fingerprint density at radius 3 is 2.42 bits per heavy atom. The average molecular weight is 549 g/mol. The van der Waals surface area contributed by atoms with Crippen molar-refractivity contribution in [2.24, 2.45) is 0 Å². The van der Waals surface area contributed by atoms with Gasteiger partial charge in [-0.3, -0.25) is 14.8 Å². The van der Waals surface area contributed by atoms with E-state index < -0.39 is 22.0 Å². The molecule has 206 valence electrons. The van der Waals surface area contributed by atoms with Gasteiger partial charge in [0.15, 0.2) is 11.5 Å². The molecule has 12 nitrogen and oxygen atoms in total. The lowest BCUT2D eigenvalue weighted by Gasteiger charge is -2.33. The second-order valence-corrected chi connectivity index (χ2v) is 11.0. The van der Waals surface area contributed by atoms with Crippen molar-refractivity contribution in [1.29, 1.82) is 0 Å². The van der Waals surface area contributed by atoms with Crippen molar-refractivity contribution in [1.82, 2.24) is 19.6 Å². The number of likely N-dealkylation sites (N-methyl/N-ethyl adjacent to an activating group) is 1. The number of ether oxygens (including phenoxy) is 3. The molecule has 0 spiro atoms. The summed E-state index contributed by atoms with van der Waals surface area (Å²) in [6.45, 7) is 2.40. The van der Waals surface area contributed by atoms with Crippen LogP contribution < -0.4 is 19.7 Å². The fraction of sp³-hybridized carbons (Fsp3) is 0.440. The van der Waals surface area contributed by atoms with E-state index in [1.807, 2.05) is 7.05 Å². The summed E-state index contributed by atoms with van der Waals surface area (Å²) in [4.78, 5) is 29.5. The Morgan fingerprint density at radius 2 is 1.76 bits per heavy atom. The normalized spacial score (nSPS) is 16.4. The highest BCUT2D eigenvalue weighted by Gasteiger charge is 2.37. The number of carbonyl (C=O) groups excluding carboxylic acids is 2. The number of rotatable bonds is 10. The number of hydroxylamine groups is 1. The summed E-state index contributed by atoms with van der Waals surface area (Å²) in [6.07, 6.45) is -0.199. The molecule has 2 aromatic carbocycles. The van der Waals surface area contributed by atoms with Gasteiger partial charge in [-0.25, -0.2) is 13.9 Å². The summed E-state index contributed by atoms with van der Waals surface area (Å²) < 4.78 is 44.7. The molecule has 0 bridgehead atoms. The quantitative estimate of drug-likeness (QED) is 0.330. The zero-order valence-electron chi connectivity index (χ0n) is 21.3. The fourth-order valence-corrected chi connectivity index (χ4v) is 6.03. The van der Waals surface area contributed by atoms with E-state index in [0.29, 0.717) is 35.9 Å². The Balaban J connectivity index is 1.64. The molecule has 2 aliphatic rings.